The predicted octanol–water partition coefficient (Wildman–Crippen LogP) is 5.76. The minimum Gasteiger partial charge on any atom is -0.338 e. The molecule has 0 spiro atoms. The highest BCUT2D eigenvalue weighted by molar-refractivity contribution is 7.13. The van der Waals surface area contributed by atoms with E-state index >= 15 is 0 Å². The van der Waals surface area contributed by atoms with Crippen molar-refractivity contribution in [3.63, 3.8) is 0 Å². The second-order valence-electron chi connectivity index (χ2n) is 8.55. The molecular weight excluding hydrogens is 442 g/mol. The van der Waals surface area contributed by atoms with Crippen molar-refractivity contribution in [3.05, 3.63) is 70.2 Å². The number of nitrogens with zero attached hydrogens (tertiary/aromatic N) is 2. The van der Waals surface area contributed by atoms with E-state index in [1.807, 2.05) is 46.7 Å². The maximum absolute atomic E-state index is 13.2. The van der Waals surface area contributed by atoms with Crippen molar-refractivity contribution in [2.75, 3.05) is 18.4 Å². The summed E-state index contributed by atoms with van der Waals surface area (Å²) in [6, 6.07) is 14.7. The van der Waals surface area contributed by atoms with Crippen LogP contribution in [0.3, 0.4) is 0 Å². The Balaban J connectivity index is 1.46. The number of benzene rings is 2. The summed E-state index contributed by atoms with van der Waals surface area (Å²) in [6.07, 6.45) is 1.26. The second-order valence-corrected chi connectivity index (χ2v) is 9.82. The Morgan fingerprint density at radius 1 is 1.09 bits per heavy atom. The zero-order valence-electron chi connectivity index (χ0n) is 18.2. The average molecular weight is 468 g/mol. The number of anilines is 1. The van der Waals surface area contributed by atoms with Gasteiger partial charge in [-0.15, -0.1) is 11.3 Å². The third-order valence-electron chi connectivity index (χ3n) is 5.59. The molecule has 0 bridgehead atoms. The highest BCUT2D eigenvalue weighted by Gasteiger charge is 2.27. The molecule has 7 heteroatoms. The number of carbonyl (C=O) groups excluding carboxylic acids is 2. The van der Waals surface area contributed by atoms with Gasteiger partial charge in [-0.25, -0.2) is 4.98 Å². The molecule has 1 aliphatic heterocycles. The molecule has 1 saturated heterocycles. The van der Waals surface area contributed by atoms with Gasteiger partial charge in [0.25, 0.3) is 5.91 Å². The van der Waals surface area contributed by atoms with Crippen LogP contribution in [0.2, 0.25) is 5.02 Å². The lowest BCUT2D eigenvalue weighted by atomic mass is 9.91. The lowest BCUT2D eigenvalue weighted by Crippen LogP contribution is -2.42. The van der Waals surface area contributed by atoms with E-state index < -0.39 is 0 Å². The van der Waals surface area contributed by atoms with Gasteiger partial charge in [-0.05, 0) is 36.5 Å². The summed E-state index contributed by atoms with van der Waals surface area (Å²) in [4.78, 5) is 32.4. The van der Waals surface area contributed by atoms with Crippen LogP contribution < -0.4 is 5.32 Å². The number of hydrogen-bond acceptors (Lipinski definition) is 4. The number of halogens is 1. The van der Waals surface area contributed by atoms with Gasteiger partial charge in [-0.1, -0.05) is 55.8 Å². The van der Waals surface area contributed by atoms with Crippen LogP contribution in [-0.2, 0) is 11.2 Å². The van der Waals surface area contributed by atoms with Crippen LogP contribution in [0.4, 0.5) is 5.69 Å². The average Bonchev–Trinajstić information content (AvgIpc) is 3.21. The van der Waals surface area contributed by atoms with E-state index in [1.54, 1.807) is 12.1 Å². The number of nitrogens with one attached hydrogen (secondary N) is 1. The molecule has 2 atom stereocenters. The van der Waals surface area contributed by atoms with E-state index in [0.717, 1.165) is 30.1 Å². The summed E-state index contributed by atoms with van der Waals surface area (Å²) in [5.41, 5.74) is 2.59. The number of hydrogen-bond donors (Lipinski definition) is 1. The molecule has 1 N–H and O–H groups in total. The lowest BCUT2D eigenvalue weighted by Gasteiger charge is -2.35. The first-order valence-electron chi connectivity index (χ1n) is 10.8. The van der Waals surface area contributed by atoms with E-state index in [9.17, 15) is 9.59 Å². The molecule has 1 aliphatic rings. The molecular formula is C25H26ClN3O2S. The van der Waals surface area contributed by atoms with Gasteiger partial charge < -0.3 is 10.2 Å². The van der Waals surface area contributed by atoms with Crippen molar-refractivity contribution < 1.29 is 9.59 Å². The van der Waals surface area contributed by atoms with Crippen LogP contribution in [0, 0.1) is 11.8 Å². The van der Waals surface area contributed by atoms with Gasteiger partial charge >= 0.3 is 0 Å². The smallest absolute Gasteiger partial charge is 0.255 e. The molecule has 1 aromatic heterocycles. The Bertz CT molecular complexity index is 1120. The fourth-order valence-electron chi connectivity index (χ4n) is 4.28. The zero-order valence-corrected chi connectivity index (χ0v) is 19.7. The zero-order chi connectivity index (χ0) is 22.7. The molecule has 0 radical (unpaired) electrons. The Hall–Kier alpha value is -2.70. The molecule has 32 heavy (non-hydrogen) atoms. The van der Waals surface area contributed by atoms with Crippen molar-refractivity contribution in [2.45, 2.75) is 26.7 Å². The monoisotopic (exact) mass is 467 g/mol. The maximum atomic E-state index is 13.2. The first kappa shape index (κ1) is 22.5. The molecule has 1 fully saturated rings. The van der Waals surface area contributed by atoms with E-state index in [-0.39, 0.29) is 18.2 Å². The second kappa shape index (κ2) is 9.84. The molecule has 166 valence electrons. The number of piperidine rings is 1. The SMILES string of the molecule is CC1CC(C)CN(C(=O)c2ccccc2NC(=O)Cc2csc(-c3ccccc3Cl)n2)C1. The van der Waals surface area contributed by atoms with Crippen molar-refractivity contribution >= 4 is 40.4 Å². The lowest BCUT2D eigenvalue weighted by molar-refractivity contribution is -0.115. The van der Waals surface area contributed by atoms with E-state index in [0.29, 0.717) is 33.8 Å². The molecule has 3 aromatic rings. The minimum absolute atomic E-state index is 0.0334. The summed E-state index contributed by atoms with van der Waals surface area (Å²) in [5, 5.41) is 6.19. The maximum Gasteiger partial charge on any atom is 0.255 e. The van der Waals surface area contributed by atoms with Gasteiger partial charge in [0, 0.05) is 24.0 Å². The van der Waals surface area contributed by atoms with Gasteiger partial charge in [0.1, 0.15) is 5.01 Å². The van der Waals surface area contributed by atoms with Crippen molar-refractivity contribution in [1.29, 1.82) is 0 Å². The number of rotatable bonds is 5. The number of carbonyl (C=O) groups is 2. The van der Waals surface area contributed by atoms with Crippen LogP contribution in [-0.4, -0.2) is 34.8 Å². The predicted molar refractivity (Wildman–Crippen MR) is 130 cm³/mol. The van der Waals surface area contributed by atoms with E-state index in [1.165, 1.54) is 11.3 Å². The fourth-order valence-corrected chi connectivity index (χ4v) is 5.42. The molecule has 2 unspecified atom stereocenters. The highest BCUT2D eigenvalue weighted by atomic mass is 35.5. The van der Waals surface area contributed by atoms with Crippen LogP contribution in [0.25, 0.3) is 10.6 Å². The van der Waals surface area contributed by atoms with Gasteiger partial charge in [-0.3, -0.25) is 9.59 Å². The van der Waals surface area contributed by atoms with Gasteiger partial charge in [0.05, 0.1) is 28.4 Å². The summed E-state index contributed by atoms with van der Waals surface area (Å²) in [6.45, 7) is 5.84. The number of likely N-dealkylation sites (tertiary alicyclic amines) is 1. The number of thiazole rings is 1. The van der Waals surface area contributed by atoms with Crippen LogP contribution in [0.1, 0.15) is 36.3 Å². The largest absolute Gasteiger partial charge is 0.338 e. The third kappa shape index (κ3) is 5.19. The Labute approximate surface area is 197 Å². The van der Waals surface area contributed by atoms with E-state index in [2.05, 4.69) is 24.1 Å². The molecule has 0 saturated carbocycles. The summed E-state index contributed by atoms with van der Waals surface area (Å²) in [7, 11) is 0. The number of amides is 2. The Morgan fingerprint density at radius 3 is 2.53 bits per heavy atom. The standard InChI is InChI=1S/C25H26ClN3O2S/c1-16-11-17(2)14-29(13-16)25(31)20-8-4-6-10-22(20)28-23(30)12-18-15-32-24(27-18)19-7-3-5-9-21(19)26/h3-10,15-17H,11-14H2,1-2H3,(H,28,30). The molecule has 2 amide bonds. The van der Waals surface area contributed by atoms with Crippen LogP contribution >= 0.6 is 22.9 Å². The van der Waals surface area contributed by atoms with Crippen molar-refractivity contribution in [3.8, 4) is 10.6 Å². The number of para-hydroxylation sites is 1. The first-order valence-corrected chi connectivity index (χ1v) is 12.0. The molecule has 5 nitrogen and oxygen atoms in total. The van der Waals surface area contributed by atoms with Gasteiger partial charge in [0.2, 0.25) is 5.91 Å². The van der Waals surface area contributed by atoms with Crippen LogP contribution in [0.5, 0.6) is 0 Å². The Kier molecular flexibility index (Phi) is 6.92. The summed E-state index contributed by atoms with van der Waals surface area (Å²) < 4.78 is 0. The Morgan fingerprint density at radius 2 is 1.78 bits per heavy atom. The normalized spacial score (nSPS) is 18.4. The van der Waals surface area contributed by atoms with Crippen molar-refractivity contribution in [1.82, 2.24) is 9.88 Å². The van der Waals surface area contributed by atoms with Gasteiger partial charge in [-0.2, -0.15) is 0 Å². The topological polar surface area (TPSA) is 62.3 Å². The quantitative estimate of drug-likeness (QED) is 0.518. The number of aromatic nitrogens is 1. The molecule has 0 aliphatic carbocycles. The molecule has 2 aromatic carbocycles. The molecule has 2 heterocycles. The molecule has 4 rings (SSSR count). The van der Waals surface area contributed by atoms with Crippen LogP contribution in [0.15, 0.2) is 53.9 Å². The fraction of sp³-hybridized carbons (Fsp3) is 0.320. The first-order chi connectivity index (χ1) is 15.4. The summed E-state index contributed by atoms with van der Waals surface area (Å²) >= 11 is 7.72. The third-order valence-corrected chi connectivity index (χ3v) is 6.84. The van der Waals surface area contributed by atoms with Crippen molar-refractivity contribution in [2.24, 2.45) is 11.8 Å². The summed E-state index contributed by atoms with van der Waals surface area (Å²) in [5.74, 6) is 0.707. The van der Waals surface area contributed by atoms with E-state index in [4.69, 9.17) is 11.6 Å². The van der Waals surface area contributed by atoms with Gasteiger partial charge in [0.15, 0.2) is 0 Å². The minimum atomic E-state index is -0.207. The highest BCUT2D eigenvalue weighted by Crippen LogP contribution is 2.30.